The largest absolute Gasteiger partial charge is 0.416 e. The molecule has 0 bridgehead atoms. The summed E-state index contributed by atoms with van der Waals surface area (Å²) in [5.74, 6) is 1.48. The number of rotatable bonds is 6. The number of nitrogens with zero attached hydrogens (tertiary/aromatic N) is 5. The van der Waals surface area contributed by atoms with Crippen molar-refractivity contribution in [2.24, 2.45) is 0 Å². The van der Waals surface area contributed by atoms with E-state index in [2.05, 4.69) is 220 Å². The van der Waals surface area contributed by atoms with Crippen LogP contribution in [0, 0.1) is 0 Å². The van der Waals surface area contributed by atoms with E-state index in [-0.39, 0.29) is 21.7 Å². The number of aromatic nitrogens is 5. The monoisotopic (exact) mass is 1010 g/mol. The zero-order chi connectivity index (χ0) is 53.9. The zero-order valence-corrected chi connectivity index (χ0v) is 45.5. The highest BCUT2D eigenvalue weighted by Crippen LogP contribution is 2.44. The number of benzene rings is 8. The molecule has 3 aromatic heterocycles. The van der Waals surface area contributed by atoms with Gasteiger partial charge in [0, 0.05) is 43.8 Å². The van der Waals surface area contributed by atoms with Crippen molar-refractivity contribution in [3.8, 4) is 56.7 Å². The van der Waals surface area contributed by atoms with E-state index in [1.165, 1.54) is 12.1 Å². The summed E-state index contributed by atoms with van der Waals surface area (Å²) in [7, 11) is 0. The van der Waals surface area contributed by atoms with Gasteiger partial charge in [-0.15, -0.1) is 0 Å². The molecule has 0 saturated heterocycles. The van der Waals surface area contributed by atoms with Gasteiger partial charge in [-0.25, -0.2) is 15.0 Å². The topological polar surface area (TPSA) is 48.5 Å². The maximum atomic E-state index is 14.5. The van der Waals surface area contributed by atoms with E-state index in [0.717, 1.165) is 77.5 Å². The predicted octanol–water partition coefficient (Wildman–Crippen LogP) is 18.9. The van der Waals surface area contributed by atoms with Crippen LogP contribution in [0.3, 0.4) is 0 Å². The van der Waals surface area contributed by atoms with Crippen molar-refractivity contribution in [1.29, 1.82) is 0 Å². The van der Waals surface area contributed by atoms with Crippen molar-refractivity contribution >= 4 is 43.6 Å². The van der Waals surface area contributed by atoms with Gasteiger partial charge < -0.3 is 9.13 Å². The van der Waals surface area contributed by atoms with E-state index < -0.39 is 11.7 Å². The second kappa shape index (κ2) is 17.9. The minimum absolute atomic E-state index is 0.189. The minimum atomic E-state index is -4.53. The zero-order valence-electron chi connectivity index (χ0n) is 45.5. The molecule has 382 valence electrons. The first-order valence-corrected chi connectivity index (χ1v) is 26.2. The Morgan fingerprint density at radius 1 is 0.303 bits per heavy atom. The summed E-state index contributed by atoms with van der Waals surface area (Å²) in [5, 5.41) is 3.51. The van der Waals surface area contributed by atoms with Gasteiger partial charge in [0.1, 0.15) is 0 Å². The Morgan fingerprint density at radius 2 is 0.684 bits per heavy atom. The van der Waals surface area contributed by atoms with Crippen molar-refractivity contribution in [2.45, 2.75) is 111 Å². The Balaban J connectivity index is 1.27. The molecule has 0 aliphatic rings. The van der Waals surface area contributed by atoms with Crippen LogP contribution in [0.5, 0.6) is 0 Å². The van der Waals surface area contributed by atoms with E-state index in [9.17, 15) is 13.2 Å². The number of halogens is 3. The summed E-state index contributed by atoms with van der Waals surface area (Å²) in [6, 6.07) is 57.0. The second-order valence-electron chi connectivity index (χ2n) is 24.6. The molecule has 0 aliphatic carbocycles. The standard InChI is InChI=1S/C68H64F3N5/c1-64(2,3)45-33-42(34-46(38-45)65(4,5)6)61-72-62(43-35-47(66(7,8)9)39-48(36-43)67(10,11)12)74-63(73-61)54-37-41(49-21-13-17-25-55(49)75-56-26-18-14-22-50(56)51-23-15-19-27-57(51)75)29-31-60(54)76-58-28-20-16-24-52(58)53-40-44(68(69,70)71)30-32-59(53)76/h13-40H,1-12H3. The number of para-hydroxylation sites is 4. The van der Waals surface area contributed by atoms with E-state index in [1.54, 1.807) is 6.07 Å². The number of hydrogen-bond donors (Lipinski definition) is 0. The summed E-state index contributed by atoms with van der Waals surface area (Å²) in [5.41, 5.74) is 12.8. The number of fused-ring (bicyclic) bond motifs is 6. The van der Waals surface area contributed by atoms with Gasteiger partial charge in [-0.3, -0.25) is 0 Å². The molecule has 0 saturated carbocycles. The summed E-state index contributed by atoms with van der Waals surface area (Å²) in [6.45, 7) is 26.8. The SMILES string of the molecule is CC(C)(C)c1cc(-c2nc(-c3cc(C(C)(C)C)cc(C(C)(C)C)c3)nc(-c3cc(-c4ccccc4-n4c5ccccc5c5ccccc54)ccc3-n3c4ccccc4c4cc(C(F)(F)F)ccc43)n2)cc(C(C)(C)C)c1. The van der Waals surface area contributed by atoms with E-state index in [4.69, 9.17) is 15.0 Å². The molecule has 0 fully saturated rings. The maximum Gasteiger partial charge on any atom is 0.416 e. The molecule has 3 heterocycles. The van der Waals surface area contributed by atoms with Gasteiger partial charge in [-0.05, 0) is 128 Å². The molecular weight excluding hydrogens is 944 g/mol. The van der Waals surface area contributed by atoms with Crippen LogP contribution in [-0.2, 0) is 27.8 Å². The van der Waals surface area contributed by atoms with Crippen LogP contribution in [0.15, 0.2) is 170 Å². The molecular formula is C68H64F3N5. The Bertz CT molecular complexity index is 3870. The quantitative estimate of drug-likeness (QED) is 0.167. The molecule has 0 unspecified atom stereocenters. The Labute approximate surface area is 444 Å². The number of alkyl halides is 3. The molecule has 0 amide bonds. The molecule has 0 radical (unpaired) electrons. The summed E-state index contributed by atoms with van der Waals surface area (Å²) in [4.78, 5) is 16.6. The fraction of sp³-hybridized carbons (Fsp3) is 0.250. The first-order chi connectivity index (χ1) is 35.8. The third kappa shape index (κ3) is 9.05. The van der Waals surface area contributed by atoms with Crippen molar-refractivity contribution < 1.29 is 13.2 Å². The van der Waals surface area contributed by atoms with Crippen molar-refractivity contribution in [1.82, 2.24) is 24.1 Å². The summed E-state index contributed by atoms with van der Waals surface area (Å²) < 4.78 is 48.0. The summed E-state index contributed by atoms with van der Waals surface area (Å²) in [6.07, 6.45) is -4.53. The average Bonchev–Trinajstić information content (AvgIpc) is 4.00. The van der Waals surface area contributed by atoms with Gasteiger partial charge in [-0.1, -0.05) is 174 Å². The first-order valence-electron chi connectivity index (χ1n) is 26.2. The van der Waals surface area contributed by atoms with Gasteiger partial charge in [0.2, 0.25) is 0 Å². The van der Waals surface area contributed by atoms with Crippen LogP contribution < -0.4 is 0 Å². The maximum absolute atomic E-state index is 14.5. The highest BCUT2D eigenvalue weighted by atomic mass is 19.4. The van der Waals surface area contributed by atoms with E-state index >= 15 is 0 Å². The lowest BCUT2D eigenvalue weighted by atomic mass is 9.79. The van der Waals surface area contributed by atoms with Crippen molar-refractivity contribution in [3.63, 3.8) is 0 Å². The van der Waals surface area contributed by atoms with E-state index in [0.29, 0.717) is 45.0 Å². The molecule has 0 spiro atoms. The Hall–Kier alpha value is -7.84. The smallest absolute Gasteiger partial charge is 0.309 e. The molecule has 0 atom stereocenters. The normalized spacial score (nSPS) is 12.9. The van der Waals surface area contributed by atoms with Gasteiger partial charge in [0.05, 0.1) is 39.0 Å². The second-order valence-corrected chi connectivity index (χ2v) is 24.6. The fourth-order valence-corrected chi connectivity index (χ4v) is 10.6. The highest BCUT2D eigenvalue weighted by Gasteiger charge is 2.32. The molecule has 0 aliphatic heterocycles. The molecule has 11 rings (SSSR count). The van der Waals surface area contributed by atoms with Crippen molar-refractivity contribution in [3.05, 3.63) is 198 Å². The van der Waals surface area contributed by atoms with E-state index in [1.807, 2.05) is 24.3 Å². The first kappa shape index (κ1) is 50.3. The van der Waals surface area contributed by atoms with Crippen LogP contribution in [0.25, 0.3) is 100 Å². The number of hydrogen-bond acceptors (Lipinski definition) is 3. The molecule has 5 nitrogen and oxygen atoms in total. The van der Waals surface area contributed by atoms with Crippen LogP contribution >= 0.6 is 0 Å². The van der Waals surface area contributed by atoms with Crippen LogP contribution in [0.2, 0.25) is 0 Å². The van der Waals surface area contributed by atoms with Crippen LogP contribution in [0.4, 0.5) is 13.2 Å². The predicted molar refractivity (Wildman–Crippen MR) is 310 cm³/mol. The van der Waals surface area contributed by atoms with Crippen molar-refractivity contribution in [2.75, 3.05) is 0 Å². The summed E-state index contributed by atoms with van der Waals surface area (Å²) >= 11 is 0. The fourth-order valence-electron chi connectivity index (χ4n) is 10.6. The molecule has 0 N–H and O–H groups in total. The van der Waals surface area contributed by atoms with Gasteiger partial charge in [0.15, 0.2) is 17.5 Å². The molecule has 11 aromatic rings. The van der Waals surface area contributed by atoms with Crippen LogP contribution in [0.1, 0.15) is 111 Å². The highest BCUT2D eigenvalue weighted by molar-refractivity contribution is 6.11. The molecule has 8 heteroatoms. The lowest BCUT2D eigenvalue weighted by molar-refractivity contribution is -0.137. The molecule has 76 heavy (non-hydrogen) atoms. The van der Waals surface area contributed by atoms with Gasteiger partial charge >= 0.3 is 6.18 Å². The third-order valence-electron chi connectivity index (χ3n) is 15.0. The van der Waals surface area contributed by atoms with Gasteiger partial charge in [0.25, 0.3) is 0 Å². The Kier molecular flexibility index (Phi) is 11.9. The lowest BCUT2D eigenvalue weighted by Gasteiger charge is -2.26. The lowest BCUT2D eigenvalue weighted by Crippen LogP contribution is -2.17. The van der Waals surface area contributed by atoms with Crippen LogP contribution in [-0.4, -0.2) is 24.1 Å². The van der Waals surface area contributed by atoms with Gasteiger partial charge in [-0.2, -0.15) is 13.2 Å². The average molecular weight is 1010 g/mol. The Morgan fingerprint density at radius 3 is 1.13 bits per heavy atom. The minimum Gasteiger partial charge on any atom is -0.309 e. The third-order valence-corrected chi connectivity index (χ3v) is 15.0. The molecule has 8 aromatic carbocycles.